The lowest BCUT2D eigenvalue weighted by molar-refractivity contribution is -0.115. The molecular formula is C16H19F2N3O3. The molecule has 0 bridgehead atoms. The number of methoxy groups -OCH3 is 1. The maximum absolute atomic E-state index is 12.4. The van der Waals surface area contributed by atoms with Gasteiger partial charge in [-0.1, -0.05) is 0 Å². The second-order valence-electron chi connectivity index (χ2n) is 5.24. The van der Waals surface area contributed by atoms with E-state index in [4.69, 9.17) is 4.74 Å². The number of benzene rings is 1. The fraction of sp³-hybridized carbons (Fsp3) is 0.375. The van der Waals surface area contributed by atoms with E-state index in [0.717, 1.165) is 17.0 Å². The molecule has 2 rings (SSSR count). The van der Waals surface area contributed by atoms with Crippen LogP contribution in [0.4, 0.5) is 14.5 Å². The van der Waals surface area contributed by atoms with Gasteiger partial charge in [0, 0.05) is 30.1 Å². The van der Waals surface area contributed by atoms with Gasteiger partial charge in [0.15, 0.2) is 11.5 Å². The molecule has 1 aromatic carbocycles. The van der Waals surface area contributed by atoms with Crippen molar-refractivity contribution in [3.63, 3.8) is 0 Å². The zero-order chi connectivity index (χ0) is 17.9. The third-order valence-electron chi connectivity index (χ3n) is 3.66. The fourth-order valence-electron chi connectivity index (χ4n) is 2.38. The minimum atomic E-state index is -2.98. The molecule has 0 radical (unpaired) electrons. The van der Waals surface area contributed by atoms with Crippen LogP contribution in [-0.2, 0) is 18.3 Å². The molecule has 1 aromatic heterocycles. The minimum absolute atomic E-state index is 0.140. The van der Waals surface area contributed by atoms with Gasteiger partial charge < -0.3 is 14.8 Å². The number of aromatic nitrogens is 2. The van der Waals surface area contributed by atoms with E-state index < -0.39 is 6.61 Å². The number of hydrogen-bond donors (Lipinski definition) is 1. The summed E-state index contributed by atoms with van der Waals surface area (Å²) in [6, 6.07) is 4.30. The topological polar surface area (TPSA) is 65.4 Å². The van der Waals surface area contributed by atoms with Crippen LogP contribution in [0.1, 0.15) is 17.0 Å². The molecule has 0 saturated carbocycles. The van der Waals surface area contributed by atoms with Crippen molar-refractivity contribution < 1.29 is 23.0 Å². The SMILES string of the molecule is COc1ccc(NC(=O)Cc2c(C)nn(C)c2C)cc1OC(F)F. The third kappa shape index (κ3) is 4.01. The quantitative estimate of drug-likeness (QED) is 0.879. The molecule has 0 atom stereocenters. The number of carbonyl (C=O) groups excluding carboxylic acids is 1. The fourth-order valence-corrected chi connectivity index (χ4v) is 2.38. The number of rotatable bonds is 6. The molecule has 1 amide bonds. The van der Waals surface area contributed by atoms with Crippen LogP contribution < -0.4 is 14.8 Å². The van der Waals surface area contributed by atoms with Crippen LogP contribution >= 0.6 is 0 Å². The van der Waals surface area contributed by atoms with Crippen LogP contribution in [0.25, 0.3) is 0 Å². The summed E-state index contributed by atoms with van der Waals surface area (Å²) in [6.07, 6.45) is 0.141. The number of ether oxygens (including phenoxy) is 2. The predicted molar refractivity (Wildman–Crippen MR) is 84.6 cm³/mol. The number of nitrogens with zero attached hydrogens (tertiary/aromatic N) is 2. The summed E-state index contributed by atoms with van der Waals surface area (Å²) in [5.74, 6) is -0.256. The minimum Gasteiger partial charge on any atom is -0.493 e. The van der Waals surface area contributed by atoms with Crippen LogP contribution in [0.15, 0.2) is 18.2 Å². The highest BCUT2D eigenvalue weighted by molar-refractivity contribution is 5.92. The van der Waals surface area contributed by atoms with Crippen molar-refractivity contribution in [2.24, 2.45) is 7.05 Å². The molecule has 0 spiro atoms. The van der Waals surface area contributed by atoms with Crippen molar-refractivity contribution in [1.82, 2.24) is 9.78 Å². The molecule has 130 valence electrons. The summed E-state index contributed by atoms with van der Waals surface area (Å²) >= 11 is 0. The van der Waals surface area contributed by atoms with E-state index in [9.17, 15) is 13.6 Å². The van der Waals surface area contributed by atoms with Crippen LogP contribution in [-0.4, -0.2) is 29.4 Å². The van der Waals surface area contributed by atoms with Crippen molar-refractivity contribution in [1.29, 1.82) is 0 Å². The predicted octanol–water partition coefficient (Wildman–Crippen LogP) is 2.83. The first-order valence-corrected chi connectivity index (χ1v) is 7.23. The van der Waals surface area contributed by atoms with Crippen LogP contribution in [0.2, 0.25) is 0 Å². The zero-order valence-corrected chi connectivity index (χ0v) is 13.9. The molecular weight excluding hydrogens is 320 g/mol. The molecule has 0 aliphatic rings. The van der Waals surface area contributed by atoms with Gasteiger partial charge in [-0.3, -0.25) is 9.48 Å². The highest BCUT2D eigenvalue weighted by atomic mass is 19.3. The summed E-state index contributed by atoms with van der Waals surface area (Å²) in [5.41, 5.74) is 2.86. The first-order valence-electron chi connectivity index (χ1n) is 7.23. The second-order valence-corrected chi connectivity index (χ2v) is 5.24. The van der Waals surface area contributed by atoms with Crippen molar-refractivity contribution in [3.05, 3.63) is 35.2 Å². The summed E-state index contributed by atoms with van der Waals surface area (Å²) in [7, 11) is 3.15. The number of aryl methyl sites for hydroxylation is 2. The lowest BCUT2D eigenvalue weighted by Gasteiger charge is -2.12. The van der Waals surface area contributed by atoms with E-state index in [1.807, 2.05) is 13.8 Å². The van der Waals surface area contributed by atoms with E-state index >= 15 is 0 Å². The van der Waals surface area contributed by atoms with Gasteiger partial charge >= 0.3 is 6.61 Å². The molecule has 24 heavy (non-hydrogen) atoms. The maximum Gasteiger partial charge on any atom is 0.387 e. The third-order valence-corrected chi connectivity index (χ3v) is 3.66. The number of anilines is 1. The summed E-state index contributed by atoms with van der Waals surface area (Å²) in [4.78, 5) is 12.2. The maximum atomic E-state index is 12.4. The molecule has 6 nitrogen and oxygen atoms in total. The highest BCUT2D eigenvalue weighted by Gasteiger charge is 2.15. The van der Waals surface area contributed by atoms with Crippen LogP contribution in [0.3, 0.4) is 0 Å². The Labute approximate surface area is 138 Å². The lowest BCUT2D eigenvalue weighted by atomic mass is 10.1. The molecule has 8 heteroatoms. The molecule has 0 fully saturated rings. The van der Waals surface area contributed by atoms with Gasteiger partial charge in [-0.15, -0.1) is 0 Å². The van der Waals surface area contributed by atoms with Crippen molar-refractivity contribution in [3.8, 4) is 11.5 Å². The van der Waals surface area contributed by atoms with Gasteiger partial charge in [0.25, 0.3) is 0 Å². The number of amides is 1. The van der Waals surface area contributed by atoms with Gasteiger partial charge in [0.05, 0.1) is 19.2 Å². The Morgan fingerprint density at radius 2 is 2.04 bits per heavy atom. The molecule has 0 aliphatic carbocycles. The first-order chi connectivity index (χ1) is 11.3. The Morgan fingerprint density at radius 3 is 2.58 bits per heavy atom. The van der Waals surface area contributed by atoms with Crippen molar-refractivity contribution >= 4 is 11.6 Å². The summed E-state index contributed by atoms with van der Waals surface area (Å²) < 4.78 is 35.9. The van der Waals surface area contributed by atoms with E-state index in [-0.39, 0.29) is 23.8 Å². The molecule has 1 heterocycles. The van der Waals surface area contributed by atoms with E-state index in [1.54, 1.807) is 17.8 Å². The molecule has 2 aromatic rings. The van der Waals surface area contributed by atoms with E-state index in [2.05, 4.69) is 15.2 Å². The van der Waals surface area contributed by atoms with Crippen molar-refractivity contribution in [2.75, 3.05) is 12.4 Å². The summed E-state index contributed by atoms with van der Waals surface area (Å²) in [6.45, 7) is 0.729. The standard InChI is InChI=1S/C16H19F2N3O3/c1-9-12(10(2)21(3)20-9)8-15(22)19-11-5-6-13(23-4)14(7-11)24-16(17)18/h5-7,16H,8H2,1-4H3,(H,19,22). The van der Waals surface area contributed by atoms with Gasteiger partial charge in [-0.2, -0.15) is 13.9 Å². The monoisotopic (exact) mass is 339 g/mol. The second kappa shape index (κ2) is 7.29. The average molecular weight is 339 g/mol. The summed E-state index contributed by atoms with van der Waals surface area (Å²) in [5, 5.41) is 6.92. The zero-order valence-electron chi connectivity index (χ0n) is 13.9. The number of alkyl halides is 2. The molecule has 0 saturated heterocycles. The van der Waals surface area contributed by atoms with E-state index in [1.165, 1.54) is 19.2 Å². The van der Waals surface area contributed by atoms with Crippen molar-refractivity contribution in [2.45, 2.75) is 26.9 Å². The number of hydrogen-bond acceptors (Lipinski definition) is 4. The highest BCUT2D eigenvalue weighted by Crippen LogP contribution is 2.31. The van der Waals surface area contributed by atoms with Crippen LogP contribution in [0.5, 0.6) is 11.5 Å². The Bertz CT molecular complexity index is 744. The first kappa shape index (κ1) is 17.7. The molecule has 0 unspecified atom stereocenters. The number of carbonyl (C=O) groups is 1. The Balaban J connectivity index is 2.14. The smallest absolute Gasteiger partial charge is 0.387 e. The normalized spacial score (nSPS) is 10.8. The molecule has 1 N–H and O–H groups in total. The number of halogens is 2. The van der Waals surface area contributed by atoms with Gasteiger partial charge in [-0.25, -0.2) is 0 Å². The van der Waals surface area contributed by atoms with Gasteiger partial charge in [-0.05, 0) is 26.0 Å². The Kier molecular flexibility index (Phi) is 5.38. The Morgan fingerprint density at radius 1 is 1.33 bits per heavy atom. The average Bonchev–Trinajstić information content (AvgIpc) is 2.73. The lowest BCUT2D eigenvalue weighted by Crippen LogP contribution is -2.15. The van der Waals surface area contributed by atoms with Crippen LogP contribution in [0, 0.1) is 13.8 Å². The number of nitrogens with one attached hydrogen (secondary N) is 1. The largest absolute Gasteiger partial charge is 0.493 e. The van der Waals surface area contributed by atoms with Gasteiger partial charge in [0.1, 0.15) is 0 Å². The van der Waals surface area contributed by atoms with E-state index in [0.29, 0.717) is 5.69 Å². The Hall–Kier alpha value is -2.64. The molecule has 0 aliphatic heterocycles. The van der Waals surface area contributed by atoms with Gasteiger partial charge in [0.2, 0.25) is 5.91 Å².